The highest BCUT2D eigenvalue weighted by atomic mass is 16.2. The Balaban J connectivity index is 2.38. The molecule has 90 valence electrons. The second kappa shape index (κ2) is 5.20. The van der Waals surface area contributed by atoms with Gasteiger partial charge in [-0.05, 0) is 12.1 Å². The first-order chi connectivity index (χ1) is 8.77. The Labute approximate surface area is 105 Å². The molecule has 0 bridgehead atoms. The second-order valence-corrected chi connectivity index (χ2v) is 3.99. The summed E-state index contributed by atoms with van der Waals surface area (Å²) >= 11 is 0. The van der Waals surface area contributed by atoms with Crippen molar-refractivity contribution in [2.24, 2.45) is 0 Å². The van der Waals surface area contributed by atoms with Crippen LogP contribution in [-0.2, 0) is 4.79 Å². The lowest BCUT2D eigenvalue weighted by Gasteiger charge is -2.36. The lowest BCUT2D eigenvalue weighted by atomic mass is 10.1. The topological polar surface area (TPSA) is 79.9 Å². The number of benzene rings is 1. The fourth-order valence-corrected chi connectivity index (χ4v) is 2.11. The maximum Gasteiger partial charge on any atom is 0.243 e. The van der Waals surface area contributed by atoms with E-state index < -0.39 is 6.04 Å². The van der Waals surface area contributed by atoms with Crippen LogP contribution in [0, 0.1) is 22.7 Å². The van der Waals surface area contributed by atoms with Crippen molar-refractivity contribution in [2.75, 3.05) is 18.0 Å². The van der Waals surface area contributed by atoms with Crippen molar-refractivity contribution in [3.05, 3.63) is 29.8 Å². The highest BCUT2D eigenvalue weighted by molar-refractivity contribution is 5.87. The van der Waals surface area contributed by atoms with Gasteiger partial charge in [0.2, 0.25) is 5.91 Å². The molecule has 1 unspecified atom stereocenters. The molecule has 0 radical (unpaired) electrons. The summed E-state index contributed by atoms with van der Waals surface area (Å²) in [4.78, 5) is 13.6. The molecule has 0 saturated carbocycles. The van der Waals surface area contributed by atoms with Crippen molar-refractivity contribution in [1.82, 2.24) is 5.32 Å². The Morgan fingerprint density at radius 1 is 1.39 bits per heavy atom. The number of hydrogen-bond donors (Lipinski definition) is 1. The predicted molar refractivity (Wildman–Crippen MR) is 65.5 cm³/mol. The highest BCUT2D eigenvalue weighted by Gasteiger charge is 2.30. The molecule has 0 aromatic heterocycles. The van der Waals surface area contributed by atoms with Crippen LogP contribution in [0.2, 0.25) is 0 Å². The molecule has 1 saturated heterocycles. The zero-order valence-electron chi connectivity index (χ0n) is 9.76. The molecule has 1 aliphatic rings. The SMILES string of the molecule is N#CCC1C(=O)NCCN1c1ccccc1C#N. The largest absolute Gasteiger partial charge is 0.356 e. The number of carbonyl (C=O) groups is 1. The summed E-state index contributed by atoms with van der Waals surface area (Å²) in [5.41, 5.74) is 1.24. The third-order valence-corrected chi connectivity index (χ3v) is 2.95. The van der Waals surface area contributed by atoms with Crippen LogP contribution in [0.1, 0.15) is 12.0 Å². The van der Waals surface area contributed by atoms with Gasteiger partial charge in [0.1, 0.15) is 12.1 Å². The van der Waals surface area contributed by atoms with Gasteiger partial charge in [0, 0.05) is 13.1 Å². The number of nitriles is 2. The van der Waals surface area contributed by atoms with Crippen LogP contribution in [0.25, 0.3) is 0 Å². The van der Waals surface area contributed by atoms with Gasteiger partial charge >= 0.3 is 0 Å². The van der Waals surface area contributed by atoms with E-state index in [1.807, 2.05) is 23.1 Å². The van der Waals surface area contributed by atoms with Gasteiger partial charge in [-0.3, -0.25) is 4.79 Å². The fourth-order valence-electron chi connectivity index (χ4n) is 2.11. The smallest absolute Gasteiger partial charge is 0.243 e. The number of hydrogen-bond acceptors (Lipinski definition) is 4. The van der Waals surface area contributed by atoms with Crippen LogP contribution in [0.15, 0.2) is 24.3 Å². The number of rotatable bonds is 2. The molecule has 5 heteroatoms. The molecule has 1 heterocycles. The van der Waals surface area contributed by atoms with Gasteiger partial charge in [-0.1, -0.05) is 12.1 Å². The molecule has 1 aliphatic heterocycles. The molecule has 2 rings (SSSR count). The van der Waals surface area contributed by atoms with Crippen LogP contribution >= 0.6 is 0 Å². The average Bonchev–Trinajstić information content (AvgIpc) is 2.41. The van der Waals surface area contributed by atoms with Crippen LogP contribution < -0.4 is 10.2 Å². The Morgan fingerprint density at radius 2 is 2.17 bits per heavy atom. The van der Waals surface area contributed by atoms with Gasteiger partial charge in [-0.25, -0.2) is 0 Å². The van der Waals surface area contributed by atoms with Crippen LogP contribution in [0.3, 0.4) is 0 Å². The molecule has 18 heavy (non-hydrogen) atoms. The van der Waals surface area contributed by atoms with E-state index in [9.17, 15) is 4.79 Å². The van der Waals surface area contributed by atoms with Gasteiger partial charge in [-0.2, -0.15) is 10.5 Å². The first-order valence-electron chi connectivity index (χ1n) is 5.68. The number of para-hydroxylation sites is 1. The summed E-state index contributed by atoms with van der Waals surface area (Å²) in [6.45, 7) is 1.14. The van der Waals surface area contributed by atoms with Crippen molar-refractivity contribution in [3.8, 4) is 12.1 Å². The summed E-state index contributed by atoms with van der Waals surface area (Å²) in [7, 11) is 0. The molecule has 1 amide bonds. The van der Waals surface area contributed by atoms with E-state index in [2.05, 4.69) is 11.4 Å². The van der Waals surface area contributed by atoms with Crippen molar-refractivity contribution in [2.45, 2.75) is 12.5 Å². The van der Waals surface area contributed by atoms with Crippen LogP contribution in [0.5, 0.6) is 0 Å². The van der Waals surface area contributed by atoms with E-state index in [1.54, 1.807) is 12.1 Å². The molecular formula is C13H12N4O. The molecule has 1 aromatic rings. The summed E-state index contributed by atoms with van der Waals surface area (Å²) < 4.78 is 0. The monoisotopic (exact) mass is 240 g/mol. The van der Waals surface area contributed by atoms with Crippen molar-refractivity contribution >= 4 is 11.6 Å². The summed E-state index contributed by atoms with van der Waals surface area (Å²) in [5, 5.41) is 20.6. The summed E-state index contributed by atoms with van der Waals surface area (Å²) in [6, 6.07) is 10.7. The maximum atomic E-state index is 11.8. The minimum atomic E-state index is -0.516. The van der Waals surface area contributed by atoms with E-state index in [-0.39, 0.29) is 12.3 Å². The van der Waals surface area contributed by atoms with E-state index in [4.69, 9.17) is 10.5 Å². The fraction of sp³-hybridized carbons (Fsp3) is 0.308. The Kier molecular flexibility index (Phi) is 3.45. The zero-order chi connectivity index (χ0) is 13.0. The number of amides is 1. The molecule has 0 aliphatic carbocycles. The molecular weight excluding hydrogens is 228 g/mol. The summed E-state index contributed by atoms with van der Waals surface area (Å²) in [5.74, 6) is -0.157. The molecule has 5 nitrogen and oxygen atoms in total. The molecule has 1 N–H and O–H groups in total. The van der Waals surface area contributed by atoms with Crippen molar-refractivity contribution in [3.63, 3.8) is 0 Å². The van der Waals surface area contributed by atoms with Gasteiger partial charge in [-0.15, -0.1) is 0 Å². The lowest BCUT2D eigenvalue weighted by molar-refractivity contribution is -0.123. The van der Waals surface area contributed by atoms with E-state index in [1.165, 1.54) is 0 Å². The number of nitrogens with one attached hydrogen (secondary N) is 1. The highest BCUT2D eigenvalue weighted by Crippen LogP contribution is 2.24. The lowest BCUT2D eigenvalue weighted by Crippen LogP contribution is -2.55. The van der Waals surface area contributed by atoms with Crippen molar-refractivity contribution in [1.29, 1.82) is 10.5 Å². The Hall–Kier alpha value is -2.53. The number of anilines is 1. The van der Waals surface area contributed by atoms with Crippen molar-refractivity contribution < 1.29 is 4.79 Å². The van der Waals surface area contributed by atoms with E-state index in [0.717, 1.165) is 5.69 Å². The van der Waals surface area contributed by atoms with E-state index in [0.29, 0.717) is 18.7 Å². The standard InChI is InChI=1S/C13H12N4O/c14-6-5-12-13(18)16-7-8-17(12)11-4-2-1-3-10(11)9-15/h1-4,12H,5,7-8H2,(H,16,18). The molecule has 1 aromatic carbocycles. The third-order valence-electron chi connectivity index (χ3n) is 2.95. The maximum absolute atomic E-state index is 11.8. The van der Waals surface area contributed by atoms with Gasteiger partial charge in [0.05, 0.1) is 23.7 Å². The second-order valence-electron chi connectivity index (χ2n) is 3.99. The molecule has 1 atom stereocenters. The number of carbonyl (C=O) groups excluding carboxylic acids is 1. The molecule has 1 fully saturated rings. The van der Waals surface area contributed by atoms with Gasteiger partial charge in [0.15, 0.2) is 0 Å². The van der Waals surface area contributed by atoms with Gasteiger partial charge < -0.3 is 10.2 Å². The average molecular weight is 240 g/mol. The first kappa shape index (κ1) is 11.9. The Bertz CT molecular complexity index is 541. The Morgan fingerprint density at radius 3 is 2.89 bits per heavy atom. The normalized spacial score (nSPS) is 18.7. The minimum Gasteiger partial charge on any atom is -0.356 e. The minimum absolute atomic E-state index is 0.117. The number of nitrogens with zero attached hydrogens (tertiary/aromatic N) is 3. The number of piperazine rings is 1. The molecule has 0 spiro atoms. The third kappa shape index (κ3) is 2.11. The summed E-state index contributed by atoms with van der Waals surface area (Å²) in [6.07, 6.45) is 0.117. The van der Waals surface area contributed by atoms with E-state index >= 15 is 0 Å². The quantitative estimate of drug-likeness (QED) is 0.828. The van der Waals surface area contributed by atoms with Crippen LogP contribution in [-0.4, -0.2) is 25.0 Å². The zero-order valence-corrected chi connectivity index (χ0v) is 9.76. The van der Waals surface area contributed by atoms with Gasteiger partial charge in [0.25, 0.3) is 0 Å². The van der Waals surface area contributed by atoms with Crippen LogP contribution in [0.4, 0.5) is 5.69 Å². The first-order valence-corrected chi connectivity index (χ1v) is 5.68. The predicted octanol–water partition coefficient (Wildman–Crippen LogP) is 0.777.